The van der Waals surface area contributed by atoms with Gasteiger partial charge >= 0.3 is 0 Å². The van der Waals surface area contributed by atoms with Crippen molar-refractivity contribution in [2.24, 2.45) is 0 Å². The van der Waals surface area contributed by atoms with Gasteiger partial charge in [-0.3, -0.25) is 4.79 Å². The van der Waals surface area contributed by atoms with Crippen molar-refractivity contribution >= 4 is 5.91 Å². The number of carbonyl (C=O) groups is 1. The van der Waals surface area contributed by atoms with E-state index in [0.717, 1.165) is 89.9 Å². The van der Waals surface area contributed by atoms with Crippen molar-refractivity contribution in [1.82, 2.24) is 5.32 Å². The van der Waals surface area contributed by atoms with Gasteiger partial charge in [-0.05, 0) is 70.6 Å². The number of hydrogen-bond donors (Lipinski definition) is 6. The van der Waals surface area contributed by atoms with Gasteiger partial charge in [0.25, 0.3) is 0 Å². The molecule has 1 aliphatic heterocycles. The van der Waals surface area contributed by atoms with Gasteiger partial charge in [0.1, 0.15) is 24.4 Å². The number of carbonyl (C=O) groups excluding carboxylic acids is 1. The smallest absolute Gasteiger partial charge is 0.220 e. The maximum atomic E-state index is 13.1. The molecule has 1 aliphatic rings. The highest BCUT2D eigenvalue weighted by atomic mass is 16.7. The molecule has 0 radical (unpaired) electrons. The fourth-order valence-corrected chi connectivity index (χ4v) is 9.75. The van der Waals surface area contributed by atoms with Crippen LogP contribution in [0.25, 0.3) is 0 Å². The summed E-state index contributed by atoms with van der Waals surface area (Å²) in [5.41, 5.74) is 0. The summed E-state index contributed by atoms with van der Waals surface area (Å²) in [6.07, 6.45) is 72.3. The van der Waals surface area contributed by atoms with E-state index in [0.29, 0.717) is 6.42 Å². The van der Waals surface area contributed by atoms with Crippen LogP contribution in [0.4, 0.5) is 0 Å². The van der Waals surface area contributed by atoms with Crippen molar-refractivity contribution in [3.63, 3.8) is 0 Å². The van der Waals surface area contributed by atoms with Crippen molar-refractivity contribution < 1.29 is 39.8 Å². The summed E-state index contributed by atoms with van der Waals surface area (Å²) < 4.78 is 11.3. The number of unbranched alkanes of at least 4 members (excludes halogenated alkanes) is 32. The lowest BCUT2D eigenvalue weighted by molar-refractivity contribution is -0.302. The number of ether oxygens (including phenoxy) is 2. The van der Waals surface area contributed by atoms with Crippen molar-refractivity contribution in [2.45, 2.75) is 320 Å². The molecule has 9 nitrogen and oxygen atoms in total. The molecule has 0 spiro atoms. The number of aliphatic hydroxyl groups is 5. The molecular formula is C67H119NO8. The Balaban J connectivity index is 2.21. The highest BCUT2D eigenvalue weighted by Gasteiger charge is 2.44. The lowest BCUT2D eigenvalue weighted by Crippen LogP contribution is -2.60. The van der Waals surface area contributed by atoms with Crippen LogP contribution in [0.2, 0.25) is 0 Å². The molecule has 1 fully saturated rings. The number of hydrogen-bond acceptors (Lipinski definition) is 8. The van der Waals surface area contributed by atoms with Crippen molar-refractivity contribution in [3.05, 3.63) is 85.1 Å². The Morgan fingerprint density at radius 3 is 1.21 bits per heavy atom. The third kappa shape index (κ3) is 44.2. The molecule has 9 heteroatoms. The molecule has 0 aromatic rings. The highest BCUT2D eigenvalue weighted by Crippen LogP contribution is 2.23. The topological polar surface area (TPSA) is 149 Å². The van der Waals surface area contributed by atoms with Crippen LogP contribution in [0.1, 0.15) is 277 Å². The van der Waals surface area contributed by atoms with Gasteiger partial charge in [-0.15, -0.1) is 0 Å². The average Bonchev–Trinajstić information content (AvgIpc) is 3.42. The Hall–Kier alpha value is -2.63. The maximum absolute atomic E-state index is 13.1. The molecule has 6 N–H and O–H groups in total. The first-order chi connectivity index (χ1) is 37.3. The Bertz CT molecular complexity index is 1470. The summed E-state index contributed by atoms with van der Waals surface area (Å²) in [7, 11) is 0. The van der Waals surface area contributed by atoms with Crippen molar-refractivity contribution in [2.75, 3.05) is 13.2 Å². The molecule has 1 saturated heterocycles. The summed E-state index contributed by atoms with van der Waals surface area (Å²) in [5, 5.41) is 54.7. The second kappa shape index (κ2) is 55.7. The van der Waals surface area contributed by atoms with E-state index < -0.39 is 49.5 Å². The third-order valence-electron chi connectivity index (χ3n) is 14.7. The van der Waals surface area contributed by atoms with E-state index in [1.807, 2.05) is 6.08 Å². The van der Waals surface area contributed by atoms with E-state index in [9.17, 15) is 30.3 Å². The monoisotopic (exact) mass is 1070 g/mol. The maximum Gasteiger partial charge on any atom is 0.220 e. The molecule has 0 aromatic carbocycles. The molecule has 0 saturated carbocycles. The number of allylic oxidation sites excluding steroid dienone is 13. The van der Waals surface area contributed by atoms with E-state index in [1.165, 1.54) is 167 Å². The molecule has 76 heavy (non-hydrogen) atoms. The number of rotatable bonds is 54. The molecule has 0 aromatic heterocycles. The summed E-state index contributed by atoms with van der Waals surface area (Å²) >= 11 is 0. The van der Waals surface area contributed by atoms with Crippen molar-refractivity contribution in [1.29, 1.82) is 0 Å². The molecular weight excluding hydrogens is 947 g/mol. The summed E-state index contributed by atoms with van der Waals surface area (Å²) in [4.78, 5) is 13.1. The van der Waals surface area contributed by atoms with Crippen molar-refractivity contribution in [3.8, 4) is 0 Å². The second-order valence-electron chi connectivity index (χ2n) is 21.8. The summed E-state index contributed by atoms with van der Waals surface area (Å²) in [6.45, 7) is 3.68. The molecule has 1 amide bonds. The minimum Gasteiger partial charge on any atom is -0.394 e. The quantitative estimate of drug-likeness (QED) is 0.0261. The van der Waals surface area contributed by atoms with Crippen LogP contribution >= 0.6 is 0 Å². The van der Waals surface area contributed by atoms with Gasteiger partial charge in [-0.2, -0.15) is 0 Å². The van der Waals surface area contributed by atoms with Gasteiger partial charge in [0.15, 0.2) is 6.29 Å². The summed E-state index contributed by atoms with van der Waals surface area (Å²) in [5.74, 6) is -0.186. The largest absolute Gasteiger partial charge is 0.394 e. The highest BCUT2D eigenvalue weighted by molar-refractivity contribution is 5.76. The number of aliphatic hydroxyl groups excluding tert-OH is 5. The van der Waals surface area contributed by atoms with Gasteiger partial charge < -0.3 is 40.3 Å². The Labute approximate surface area is 467 Å². The Morgan fingerprint density at radius 1 is 0.461 bits per heavy atom. The van der Waals surface area contributed by atoms with Crippen LogP contribution in [-0.2, 0) is 14.3 Å². The molecule has 1 heterocycles. The Kier molecular flexibility index (Phi) is 52.3. The standard InChI is InChI=1S/C67H119NO8/c1-3-5-7-9-11-13-15-17-19-21-23-25-27-29-31-33-35-37-39-41-43-45-47-49-51-53-55-57-63(71)68-60(59-75-67-66(74)65(73)64(72)62(58-69)76-67)61(70)56-54-52-50-48-46-44-42-40-38-36-34-32-30-28-26-24-22-20-18-16-14-12-10-8-6-4-2/h5,7,11,13,17,19,23,25,29,31,35,37,54,56,60-62,64-67,69-70,72-74H,3-4,6,8-10,12,14-16,18,20-22,24,26-28,30,32-34,36,38-53,55,57-59H2,1-2H3,(H,68,71)/b7-5-,13-11-,19-17-,25-23-,31-29-,37-35-,56-54+. The first-order valence-electron chi connectivity index (χ1n) is 31.8. The van der Waals surface area contributed by atoms with Crippen LogP contribution in [0.5, 0.6) is 0 Å². The number of nitrogens with one attached hydrogen (secondary N) is 1. The zero-order chi connectivity index (χ0) is 55.0. The van der Waals surface area contributed by atoms with Crippen LogP contribution in [0, 0.1) is 0 Å². The van der Waals surface area contributed by atoms with E-state index in [4.69, 9.17) is 9.47 Å². The lowest BCUT2D eigenvalue weighted by atomic mass is 9.99. The van der Waals surface area contributed by atoms with Crippen LogP contribution in [0.3, 0.4) is 0 Å². The predicted octanol–water partition coefficient (Wildman–Crippen LogP) is 16.6. The molecule has 440 valence electrons. The van der Waals surface area contributed by atoms with Crippen LogP contribution in [-0.4, -0.2) is 87.5 Å². The minimum absolute atomic E-state index is 0.186. The van der Waals surface area contributed by atoms with Gasteiger partial charge in [-0.1, -0.05) is 285 Å². The van der Waals surface area contributed by atoms with Gasteiger partial charge in [0, 0.05) is 6.42 Å². The second-order valence-corrected chi connectivity index (χ2v) is 21.8. The fourth-order valence-electron chi connectivity index (χ4n) is 9.75. The van der Waals surface area contributed by atoms with Gasteiger partial charge in [0.2, 0.25) is 5.91 Å². The normalized spacial score (nSPS) is 19.4. The molecule has 7 atom stereocenters. The average molecular weight is 1070 g/mol. The van der Waals surface area contributed by atoms with Crippen LogP contribution in [0.15, 0.2) is 85.1 Å². The molecule has 0 aliphatic carbocycles. The Morgan fingerprint density at radius 2 is 0.816 bits per heavy atom. The lowest BCUT2D eigenvalue weighted by Gasteiger charge is -2.40. The van der Waals surface area contributed by atoms with E-state index in [2.05, 4.69) is 92.1 Å². The van der Waals surface area contributed by atoms with Gasteiger partial charge in [-0.25, -0.2) is 0 Å². The third-order valence-corrected chi connectivity index (χ3v) is 14.7. The zero-order valence-electron chi connectivity index (χ0n) is 49.0. The zero-order valence-corrected chi connectivity index (χ0v) is 49.0. The predicted molar refractivity (Wildman–Crippen MR) is 322 cm³/mol. The fraction of sp³-hybridized carbons (Fsp3) is 0.776. The van der Waals surface area contributed by atoms with Gasteiger partial charge in [0.05, 0.1) is 25.4 Å². The molecule has 0 bridgehead atoms. The summed E-state index contributed by atoms with van der Waals surface area (Å²) in [6, 6.07) is -0.816. The van der Waals surface area contributed by atoms with E-state index in [-0.39, 0.29) is 12.5 Å². The van der Waals surface area contributed by atoms with E-state index in [1.54, 1.807) is 6.08 Å². The van der Waals surface area contributed by atoms with E-state index >= 15 is 0 Å². The van der Waals surface area contributed by atoms with Crippen LogP contribution < -0.4 is 5.32 Å². The molecule has 1 rings (SSSR count). The number of amides is 1. The first kappa shape index (κ1) is 71.4. The minimum atomic E-state index is -1.57. The first-order valence-corrected chi connectivity index (χ1v) is 31.8. The SMILES string of the molecule is CC/C=C\C/C=C\C/C=C\C/C=C\C/C=C\C/C=C\CCCCCCCCCCC(=O)NC(COC1OC(CO)C(O)C(O)C1O)C(O)/C=C/CCCCCCCCCCCCCCCCCCCCCCCCCC. The molecule has 7 unspecified atom stereocenters.